The van der Waals surface area contributed by atoms with Crippen molar-refractivity contribution in [3.8, 4) is 5.75 Å². The summed E-state index contributed by atoms with van der Waals surface area (Å²) >= 11 is 0. The van der Waals surface area contributed by atoms with Crippen molar-refractivity contribution in [2.75, 3.05) is 13.2 Å². The molecule has 10 heteroatoms. The lowest BCUT2D eigenvalue weighted by molar-refractivity contribution is -0.134. The predicted molar refractivity (Wildman–Crippen MR) is 110 cm³/mol. The Bertz CT molecular complexity index is 1050. The number of carbonyl (C=O) groups is 4. The number of para-hydroxylation sites is 1. The Morgan fingerprint density at radius 2 is 2.06 bits per heavy atom. The quantitative estimate of drug-likeness (QED) is 0.587. The highest BCUT2D eigenvalue weighted by Crippen LogP contribution is 2.34. The number of hydrogen-bond donors (Lipinski definition) is 3. The lowest BCUT2D eigenvalue weighted by Gasteiger charge is -2.19. The number of nitrogens with zero attached hydrogens (tertiary/aromatic N) is 2. The van der Waals surface area contributed by atoms with Gasteiger partial charge in [-0.25, -0.2) is 0 Å². The van der Waals surface area contributed by atoms with Gasteiger partial charge in [0.1, 0.15) is 17.3 Å². The first-order valence-electron chi connectivity index (χ1n) is 10.4. The van der Waals surface area contributed by atoms with Crippen LogP contribution in [-0.4, -0.2) is 52.6 Å². The lowest BCUT2D eigenvalue weighted by atomic mass is 9.93. The zero-order valence-corrected chi connectivity index (χ0v) is 17.3. The van der Waals surface area contributed by atoms with Crippen LogP contribution in [0.5, 0.6) is 5.75 Å². The number of amides is 4. The highest BCUT2D eigenvalue weighted by atomic mass is 16.5. The molecule has 4 amide bonds. The maximum absolute atomic E-state index is 12.4. The molecule has 10 nitrogen and oxygen atoms in total. The van der Waals surface area contributed by atoms with Crippen LogP contribution in [0.3, 0.4) is 0 Å². The summed E-state index contributed by atoms with van der Waals surface area (Å²) in [4.78, 5) is 48.1. The van der Waals surface area contributed by atoms with Crippen LogP contribution >= 0.6 is 0 Å². The van der Waals surface area contributed by atoms with Crippen molar-refractivity contribution >= 4 is 34.5 Å². The van der Waals surface area contributed by atoms with E-state index in [0.717, 1.165) is 18.2 Å². The van der Waals surface area contributed by atoms with Crippen LogP contribution in [0.1, 0.15) is 43.7 Å². The Morgan fingerprint density at radius 1 is 1.23 bits per heavy atom. The maximum atomic E-state index is 12.4. The van der Waals surface area contributed by atoms with Crippen LogP contribution in [0.15, 0.2) is 18.2 Å². The summed E-state index contributed by atoms with van der Waals surface area (Å²) in [7, 11) is 1.74. The standard InChI is InChI=1S/C21H25N5O5/c1-26-19-12(18(25-26)13-8-9-16(27)24-20(13)29)5-4-7-15(19)31-11-17(28)23-14-6-2-3-10-22-21(14)30/h4-5,7,13-14H,2-3,6,8-11H2,1H3,(H,22,30)(H,23,28)(H,24,27,29)/t13?,14-/m1/s1. The first-order valence-corrected chi connectivity index (χ1v) is 10.4. The number of imide groups is 1. The molecule has 3 N–H and O–H groups in total. The molecule has 4 rings (SSSR count). The molecule has 2 aromatic rings. The highest BCUT2D eigenvalue weighted by molar-refractivity contribution is 6.03. The van der Waals surface area contributed by atoms with Crippen molar-refractivity contribution in [3.63, 3.8) is 0 Å². The molecule has 1 aromatic heterocycles. The van der Waals surface area contributed by atoms with Crippen LogP contribution in [0.2, 0.25) is 0 Å². The highest BCUT2D eigenvalue weighted by Gasteiger charge is 2.32. The monoisotopic (exact) mass is 427 g/mol. The number of aromatic nitrogens is 2. The number of hydrogen-bond acceptors (Lipinski definition) is 6. The molecule has 2 aliphatic heterocycles. The summed E-state index contributed by atoms with van der Waals surface area (Å²) in [6.07, 6.45) is 3.02. The van der Waals surface area contributed by atoms with Crippen LogP contribution in [0.25, 0.3) is 10.9 Å². The van der Waals surface area contributed by atoms with E-state index in [1.54, 1.807) is 23.9 Å². The van der Waals surface area contributed by atoms with Crippen LogP contribution in [-0.2, 0) is 26.2 Å². The van der Waals surface area contributed by atoms with Gasteiger partial charge in [0.05, 0.1) is 11.6 Å². The van der Waals surface area contributed by atoms with Crippen LogP contribution in [0, 0.1) is 0 Å². The smallest absolute Gasteiger partial charge is 0.258 e. The van der Waals surface area contributed by atoms with Gasteiger partial charge in [0.2, 0.25) is 17.7 Å². The molecule has 2 saturated heterocycles. The largest absolute Gasteiger partial charge is 0.482 e. The molecule has 164 valence electrons. The van der Waals surface area contributed by atoms with E-state index in [-0.39, 0.29) is 36.7 Å². The maximum Gasteiger partial charge on any atom is 0.258 e. The minimum Gasteiger partial charge on any atom is -0.482 e. The molecule has 31 heavy (non-hydrogen) atoms. The van der Waals surface area contributed by atoms with Crippen molar-refractivity contribution in [2.24, 2.45) is 7.05 Å². The number of aryl methyl sites for hydroxylation is 1. The average molecular weight is 427 g/mol. The Balaban J connectivity index is 1.49. The van der Waals surface area contributed by atoms with Crippen molar-refractivity contribution < 1.29 is 23.9 Å². The SMILES string of the molecule is Cn1nc(C2CCC(=O)NC2=O)c2cccc(OCC(=O)N[C@@H]3CCCCNC3=O)c21. The zero-order chi connectivity index (χ0) is 22.0. The fourth-order valence-corrected chi connectivity index (χ4v) is 4.11. The summed E-state index contributed by atoms with van der Waals surface area (Å²) < 4.78 is 7.37. The molecule has 2 aliphatic rings. The van der Waals surface area contributed by atoms with Crippen LogP contribution < -0.4 is 20.7 Å². The number of nitrogens with one attached hydrogen (secondary N) is 3. The van der Waals surface area contributed by atoms with E-state index in [1.165, 1.54) is 0 Å². The van der Waals surface area contributed by atoms with Crippen molar-refractivity contribution in [1.82, 2.24) is 25.7 Å². The first kappa shape index (κ1) is 20.8. The lowest BCUT2D eigenvalue weighted by Crippen LogP contribution is -2.46. The molecule has 1 aromatic carbocycles. The third-order valence-electron chi connectivity index (χ3n) is 5.65. The van der Waals surface area contributed by atoms with Gasteiger partial charge in [0, 0.05) is 25.4 Å². The van der Waals surface area contributed by atoms with Gasteiger partial charge in [-0.15, -0.1) is 0 Å². The van der Waals surface area contributed by atoms with Gasteiger partial charge in [0.15, 0.2) is 6.61 Å². The second-order valence-electron chi connectivity index (χ2n) is 7.86. The molecule has 0 saturated carbocycles. The topological polar surface area (TPSA) is 131 Å². The van der Waals surface area contributed by atoms with E-state index >= 15 is 0 Å². The third kappa shape index (κ3) is 4.37. The van der Waals surface area contributed by atoms with Crippen molar-refractivity contribution in [1.29, 1.82) is 0 Å². The normalized spacial score (nSPS) is 21.9. The second kappa shape index (κ2) is 8.75. The fourth-order valence-electron chi connectivity index (χ4n) is 4.11. The van der Waals surface area contributed by atoms with E-state index in [1.807, 2.05) is 6.07 Å². The second-order valence-corrected chi connectivity index (χ2v) is 7.86. The zero-order valence-electron chi connectivity index (χ0n) is 17.3. The van der Waals surface area contributed by atoms with E-state index in [2.05, 4.69) is 21.0 Å². The molecule has 2 atom stereocenters. The van der Waals surface area contributed by atoms with Gasteiger partial charge in [-0.3, -0.25) is 29.2 Å². The average Bonchev–Trinajstić information content (AvgIpc) is 2.94. The summed E-state index contributed by atoms with van der Waals surface area (Å²) in [6, 6.07) is 4.78. The van der Waals surface area contributed by atoms with Gasteiger partial charge in [0.25, 0.3) is 5.91 Å². The van der Waals surface area contributed by atoms with E-state index in [4.69, 9.17) is 4.74 Å². The number of benzene rings is 1. The van der Waals surface area contributed by atoms with E-state index < -0.39 is 12.0 Å². The van der Waals surface area contributed by atoms with Gasteiger partial charge < -0.3 is 15.4 Å². The molecular weight excluding hydrogens is 402 g/mol. The van der Waals surface area contributed by atoms with Crippen LogP contribution in [0.4, 0.5) is 0 Å². The predicted octanol–water partition coefficient (Wildman–Crippen LogP) is 0.257. The fraction of sp³-hybridized carbons (Fsp3) is 0.476. The molecular formula is C21H25N5O5. The summed E-state index contributed by atoms with van der Waals surface area (Å²) in [6.45, 7) is 0.377. The summed E-state index contributed by atoms with van der Waals surface area (Å²) in [5, 5.41) is 13.1. The van der Waals surface area contributed by atoms with E-state index in [9.17, 15) is 19.2 Å². The Hall–Kier alpha value is -3.43. The number of piperidine rings is 1. The number of fused-ring (bicyclic) bond motifs is 1. The number of ether oxygens (including phenoxy) is 1. The van der Waals surface area contributed by atoms with Crippen molar-refractivity contribution in [3.05, 3.63) is 23.9 Å². The van der Waals surface area contributed by atoms with Gasteiger partial charge >= 0.3 is 0 Å². The number of carbonyl (C=O) groups excluding carboxylic acids is 4. The molecule has 0 spiro atoms. The minimum atomic E-state index is -0.551. The molecule has 1 unspecified atom stereocenters. The minimum absolute atomic E-state index is 0.173. The van der Waals surface area contributed by atoms with Gasteiger partial charge in [-0.05, 0) is 31.7 Å². The molecule has 0 aliphatic carbocycles. The first-order chi connectivity index (χ1) is 14.9. The third-order valence-corrected chi connectivity index (χ3v) is 5.65. The Labute approximate surface area is 178 Å². The summed E-state index contributed by atoms with van der Waals surface area (Å²) in [5.74, 6) is -1.26. The summed E-state index contributed by atoms with van der Waals surface area (Å²) in [5.41, 5.74) is 1.23. The molecule has 3 heterocycles. The Kier molecular flexibility index (Phi) is 5.88. The molecule has 0 radical (unpaired) electrons. The number of rotatable bonds is 5. The molecule has 2 fully saturated rings. The van der Waals surface area contributed by atoms with Crippen molar-refractivity contribution in [2.45, 2.75) is 44.1 Å². The molecule has 0 bridgehead atoms. The Morgan fingerprint density at radius 3 is 2.87 bits per heavy atom. The van der Waals surface area contributed by atoms with E-state index in [0.29, 0.717) is 36.3 Å². The van der Waals surface area contributed by atoms with Gasteiger partial charge in [-0.1, -0.05) is 12.1 Å². The van der Waals surface area contributed by atoms with Gasteiger partial charge in [-0.2, -0.15) is 5.10 Å².